The molecule has 0 amide bonds. The highest BCUT2D eigenvalue weighted by Gasteiger charge is 1.95. The second-order valence-electron chi connectivity index (χ2n) is 1.53. The van der Waals surface area contributed by atoms with Gasteiger partial charge in [0.2, 0.25) is 5.01 Å². The monoisotopic (exact) mass is 241 g/mol. The van der Waals surface area contributed by atoms with Gasteiger partial charge >= 0.3 is 0 Å². The minimum atomic E-state index is 0. The van der Waals surface area contributed by atoms with Crippen LogP contribution in [-0.4, -0.2) is 0 Å². The summed E-state index contributed by atoms with van der Waals surface area (Å²) in [7, 11) is 2.05. The van der Waals surface area contributed by atoms with Crippen LogP contribution < -0.4 is 28.5 Å². The molecule has 1 aromatic heterocycles. The molecular weight excluding hydrogens is 233 g/mol. The smallest absolute Gasteiger partial charge is 0.233 e. The van der Waals surface area contributed by atoms with E-state index in [1.165, 1.54) is 5.01 Å². The predicted octanol–water partition coefficient (Wildman–Crippen LogP) is -2.11. The van der Waals surface area contributed by atoms with E-state index in [0.29, 0.717) is 0 Å². The summed E-state index contributed by atoms with van der Waals surface area (Å²) in [5.74, 6) is 0. The Hall–Kier alpha value is 0.360. The summed E-state index contributed by atoms with van der Waals surface area (Å²) in [4.78, 5) is 0. The van der Waals surface area contributed by atoms with Crippen LogP contribution >= 0.6 is 11.3 Å². The summed E-state index contributed by atoms with van der Waals surface area (Å²) in [6, 6.07) is 0. The molecule has 0 unspecified atom stereocenters. The van der Waals surface area contributed by atoms with Gasteiger partial charge in [0.15, 0.2) is 6.20 Å². The highest BCUT2D eigenvalue weighted by molar-refractivity contribution is 7.09. The molecule has 0 aliphatic rings. The van der Waals surface area contributed by atoms with Crippen LogP contribution in [0.1, 0.15) is 5.01 Å². The van der Waals surface area contributed by atoms with E-state index in [-0.39, 0.29) is 24.0 Å². The Morgan fingerprint density at radius 2 is 2.25 bits per heavy atom. The first-order valence-corrected chi connectivity index (χ1v) is 3.08. The molecule has 0 aliphatic carbocycles. The van der Waals surface area contributed by atoms with Gasteiger partial charge in [0.1, 0.15) is 7.05 Å². The Kier molecular flexibility index (Phi) is 3.55. The molecule has 3 heteroatoms. The highest BCUT2D eigenvalue weighted by Crippen LogP contribution is 1.95. The molecule has 0 aliphatic heterocycles. The maximum absolute atomic E-state index is 2.10. The zero-order chi connectivity index (χ0) is 5.28. The van der Waals surface area contributed by atoms with Crippen LogP contribution in [0.3, 0.4) is 0 Å². The van der Waals surface area contributed by atoms with Gasteiger partial charge in [0, 0.05) is 6.92 Å². The normalized spacial score (nSPS) is 8.25. The van der Waals surface area contributed by atoms with Crippen LogP contribution in [0.4, 0.5) is 0 Å². The highest BCUT2D eigenvalue weighted by atomic mass is 127. The van der Waals surface area contributed by atoms with Gasteiger partial charge < -0.3 is 24.0 Å². The van der Waals surface area contributed by atoms with E-state index in [9.17, 15) is 0 Å². The first kappa shape index (κ1) is 8.36. The van der Waals surface area contributed by atoms with Gasteiger partial charge in [-0.05, 0) is 0 Å². The molecule has 8 heavy (non-hydrogen) atoms. The topological polar surface area (TPSA) is 3.88 Å². The number of nitrogens with zero attached hydrogens (tertiary/aromatic N) is 1. The molecule has 0 spiro atoms. The zero-order valence-corrected chi connectivity index (χ0v) is 7.86. The van der Waals surface area contributed by atoms with Gasteiger partial charge in [-0.3, -0.25) is 0 Å². The van der Waals surface area contributed by atoms with Crippen molar-refractivity contribution in [1.29, 1.82) is 0 Å². The maximum Gasteiger partial charge on any atom is 0.233 e. The Morgan fingerprint density at radius 1 is 1.62 bits per heavy atom. The molecule has 46 valence electrons. The van der Waals surface area contributed by atoms with E-state index in [2.05, 4.69) is 23.1 Å². The van der Waals surface area contributed by atoms with Gasteiger partial charge in [-0.15, -0.1) is 0 Å². The molecule has 0 bridgehead atoms. The summed E-state index contributed by atoms with van der Waals surface area (Å²) in [5.41, 5.74) is 0. The fourth-order valence-electron chi connectivity index (χ4n) is 0.408. The molecule has 0 fully saturated rings. The Labute approximate surface area is 70.4 Å². The number of hydrogen-bond acceptors (Lipinski definition) is 1. The van der Waals surface area contributed by atoms with Gasteiger partial charge in [-0.2, -0.15) is 4.57 Å². The standard InChI is InChI=1S/C5H8NS.HI/c1-5-6(2)3-4-7-5;/h3-4H,1-2H3;1H/q+1;/p-1. The van der Waals surface area contributed by atoms with E-state index in [0.717, 1.165) is 0 Å². The van der Waals surface area contributed by atoms with Crippen LogP contribution in [-0.2, 0) is 7.05 Å². The number of aryl methyl sites for hydroxylation is 2. The van der Waals surface area contributed by atoms with E-state index >= 15 is 0 Å². The third kappa shape index (κ3) is 1.70. The lowest BCUT2D eigenvalue weighted by Crippen LogP contribution is -3.00. The first-order chi connectivity index (χ1) is 3.30. The molecular formula is C5H8INS. The number of rotatable bonds is 0. The minimum absolute atomic E-state index is 0. The van der Waals surface area contributed by atoms with Crippen molar-refractivity contribution < 1.29 is 28.5 Å². The first-order valence-electron chi connectivity index (χ1n) is 2.20. The third-order valence-electron chi connectivity index (χ3n) is 1.02. The van der Waals surface area contributed by atoms with E-state index in [1.807, 2.05) is 7.05 Å². The van der Waals surface area contributed by atoms with Crippen LogP contribution in [0.25, 0.3) is 0 Å². The molecule has 0 radical (unpaired) electrons. The molecule has 1 heterocycles. The van der Waals surface area contributed by atoms with Gasteiger partial charge in [0.25, 0.3) is 0 Å². The van der Waals surface area contributed by atoms with Crippen molar-refractivity contribution in [3.8, 4) is 0 Å². The molecule has 1 aromatic rings. The average Bonchev–Trinajstić information content (AvgIpc) is 1.91. The average molecular weight is 241 g/mol. The number of hydrogen-bond donors (Lipinski definition) is 0. The lowest BCUT2D eigenvalue weighted by molar-refractivity contribution is -0.672. The van der Waals surface area contributed by atoms with E-state index in [4.69, 9.17) is 0 Å². The number of aromatic nitrogens is 1. The molecule has 1 nitrogen and oxygen atoms in total. The second kappa shape index (κ2) is 3.40. The summed E-state index contributed by atoms with van der Waals surface area (Å²) in [5, 5.41) is 3.43. The quantitative estimate of drug-likeness (QED) is 0.361. The minimum Gasteiger partial charge on any atom is -1.00 e. The van der Waals surface area contributed by atoms with E-state index < -0.39 is 0 Å². The summed E-state index contributed by atoms with van der Waals surface area (Å²) >= 11 is 1.77. The van der Waals surface area contributed by atoms with Crippen molar-refractivity contribution in [2.45, 2.75) is 6.92 Å². The Morgan fingerprint density at radius 3 is 2.38 bits per heavy atom. The van der Waals surface area contributed by atoms with Gasteiger partial charge in [-0.1, -0.05) is 11.3 Å². The number of thiazole rings is 1. The van der Waals surface area contributed by atoms with Gasteiger partial charge in [0.05, 0.1) is 5.38 Å². The summed E-state index contributed by atoms with van der Waals surface area (Å²) in [6.45, 7) is 2.10. The van der Waals surface area contributed by atoms with E-state index in [1.54, 1.807) is 11.3 Å². The molecule has 0 saturated carbocycles. The van der Waals surface area contributed by atoms with Gasteiger partial charge in [-0.25, -0.2) is 0 Å². The SMILES string of the molecule is Cc1scc[n+]1C.[I-]. The molecule has 0 atom stereocenters. The third-order valence-corrected chi connectivity index (χ3v) is 1.91. The fourth-order valence-corrected chi connectivity index (χ4v) is 1.08. The maximum atomic E-state index is 2.10. The van der Waals surface area contributed by atoms with Crippen molar-refractivity contribution in [2.75, 3.05) is 0 Å². The van der Waals surface area contributed by atoms with Crippen LogP contribution in [0.5, 0.6) is 0 Å². The van der Waals surface area contributed by atoms with Crippen LogP contribution in [0.15, 0.2) is 11.6 Å². The Bertz CT molecular complexity index is 145. The lowest BCUT2D eigenvalue weighted by atomic mass is 10.8. The fraction of sp³-hybridized carbons (Fsp3) is 0.400. The molecule has 0 saturated heterocycles. The summed E-state index contributed by atoms with van der Waals surface area (Å²) < 4.78 is 2.10. The van der Waals surface area contributed by atoms with Crippen molar-refractivity contribution in [3.63, 3.8) is 0 Å². The van der Waals surface area contributed by atoms with Crippen molar-refractivity contribution in [1.82, 2.24) is 0 Å². The van der Waals surface area contributed by atoms with Crippen LogP contribution in [0.2, 0.25) is 0 Å². The number of halogens is 1. The molecule has 0 aromatic carbocycles. The largest absolute Gasteiger partial charge is 1.00 e. The Balaban J connectivity index is 0.000000490. The molecule has 0 N–H and O–H groups in total. The second-order valence-corrected chi connectivity index (χ2v) is 2.63. The van der Waals surface area contributed by atoms with Crippen LogP contribution in [0, 0.1) is 6.92 Å². The molecule has 1 rings (SSSR count). The van der Waals surface area contributed by atoms with Crippen molar-refractivity contribution >= 4 is 11.3 Å². The van der Waals surface area contributed by atoms with Crippen molar-refractivity contribution in [3.05, 3.63) is 16.6 Å². The zero-order valence-electron chi connectivity index (χ0n) is 4.89. The summed E-state index contributed by atoms with van der Waals surface area (Å²) in [6.07, 6.45) is 2.06. The van der Waals surface area contributed by atoms with Crippen molar-refractivity contribution in [2.24, 2.45) is 7.05 Å². The lowest BCUT2D eigenvalue weighted by Gasteiger charge is -1.74. The predicted molar refractivity (Wildman–Crippen MR) is 30.2 cm³/mol.